The number of halogens is 2. The Morgan fingerprint density at radius 2 is 2.09 bits per heavy atom. The van der Waals surface area contributed by atoms with Crippen molar-refractivity contribution in [3.8, 4) is 0 Å². The van der Waals surface area contributed by atoms with Crippen LogP contribution in [0, 0.1) is 5.92 Å². The van der Waals surface area contributed by atoms with Gasteiger partial charge in [-0.05, 0) is 56.1 Å². The highest BCUT2D eigenvalue weighted by atomic mass is 79.9. The standard InChI is InChI=1S/C16H23BrN2O2S.ClH/c1-12-11-18-9-8-15(12)19-16(20)3-2-10-22(21)14-6-4-13(17)5-7-14;/h4-7,12,15,18H,2-3,8-11H2,1H3,(H,19,20);1H. The molecular weight excluding hydrogens is 400 g/mol. The van der Waals surface area contributed by atoms with E-state index < -0.39 is 10.8 Å². The molecule has 1 saturated heterocycles. The van der Waals surface area contributed by atoms with Gasteiger partial charge in [-0.2, -0.15) is 0 Å². The van der Waals surface area contributed by atoms with Gasteiger partial charge in [0.1, 0.15) is 0 Å². The molecule has 3 unspecified atom stereocenters. The lowest BCUT2D eigenvalue weighted by Gasteiger charge is -2.30. The van der Waals surface area contributed by atoms with Crippen molar-refractivity contribution in [1.82, 2.24) is 10.6 Å². The molecule has 1 aliphatic heterocycles. The van der Waals surface area contributed by atoms with Gasteiger partial charge in [0.05, 0.1) is 10.8 Å². The number of hydrogen-bond donors (Lipinski definition) is 2. The van der Waals surface area contributed by atoms with Crippen LogP contribution in [0.1, 0.15) is 26.2 Å². The van der Waals surface area contributed by atoms with Gasteiger partial charge in [-0.25, -0.2) is 0 Å². The molecule has 4 nitrogen and oxygen atoms in total. The van der Waals surface area contributed by atoms with E-state index in [9.17, 15) is 9.00 Å². The summed E-state index contributed by atoms with van der Waals surface area (Å²) in [6, 6.07) is 7.76. The molecule has 7 heteroatoms. The van der Waals surface area contributed by atoms with Crippen molar-refractivity contribution >= 4 is 45.0 Å². The third-order valence-corrected chi connectivity index (χ3v) is 5.93. The molecule has 0 saturated carbocycles. The Bertz CT molecular complexity index is 527. The fraction of sp³-hybridized carbons (Fsp3) is 0.562. The van der Waals surface area contributed by atoms with Gasteiger partial charge in [0.2, 0.25) is 5.91 Å². The first-order valence-corrected chi connectivity index (χ1v) is 9.81. The topological polar surface area (TPSA) is 58.2 Å². The Morgan fingerprint density at radius 1 is 1.39 bits per heavy atom. The van der Waals surface area contributed by atoms with E-state index in [4.69, 9.17) is 0 Å². The zero-order valence-electron chi connectivity index (χ0n) is 13.2. The smallest absolute Gasteiger partial charge is 0.220 e. The molecule has 1 aromatic rings. The van der Waals surface area contributed by atoms with E-state index in [2.05, 4.69) is 33.5 Å². The average Bonchev–Trinajstić information content (AvgIpc) is 2.50. The molecule has 2 N–H and O–H groups in total. The highest BCUT2D eigenvalue weighted by molar-refractivity contribution is 9.10. The molecule has 0 aliphatic carbocycles. The maximum absolute atomic E-state index is 12.1. The van der Waals surface area contributed by atoms with Gasteiger partial charge < -0.3 is 10.6 Å². The fourth-order valence-electron chi connectivity index (χ4n) is 2.58. The molecular formula is C16H24BrClN2O2S. The largest absolute Gasteiger partial charge is 0.353 e. The molecule has 0 aromatic heterocycles. The van der Waals surface area contributed by atoms with Crippen molar-refractivity contribution < 1.29 is 9.00 Å². The normalized spacial score (nSPS) is 22.0. The molecule has 23 heavy (non-hydrogen) atoms. The van der Waals surface area contributed by atoms with Crippen LogP contribution < -0.4 is 10.6 Å². The molecule has 1 amide bonds. The molecule has 3 atom stereocenters. The number of rotatable bonds is 6. The fourth-order valence-corrected chi connectivity index (χ4v) is 3.92. The maximum Gasteiger partial charge on any atom is 0.220 e. The van der Waals surface area contributed by atoms with Gasteiger partial charge in [-0.15, -0.1) is 12.4 Å². The molecule has 2 rings (SSSR count). The van der Waals surface area contributed by atoms with Gasteiger partial charge in [0, 0.05) is 27.6 Å². The van der Waals surface area contributed by atoms with Gasteiger partial charge >= 0.3 is 0 Å². The van der Waals surface area contributed by atoms with Crippen LogP contribution in [-0.2, 0) is 15.6 Å². The summed E-state index contributed by atoms with van der Waals surface area (Å²) in [5.74, 6) is 1.07. The van der Waals surface area contributed by atoms with Gasteiger partial charge in [0.25, 0.3) is 0 Å². The summed E-state index contributed by atoms with van der Waals surface area (Å²) in [6.07, 6.45) is 2.07. The van der Waals surface area contributed by atoms with Crippen LogP contribution in [0.15, 0.2) is 33.6 Å². The summed E-state index contributed by atoms with van der Waals surface area (Å²) in [6.45, 7) is 4.07. The SMILES string of the molecule is CC1CNCCC1NC(=O)CCCS(=O)c1ccc(Br)cc1.Cl. The van der Waals surface area contributed by atoms with E-state index in [1.807, 2.05) is 24.3 Å². The third kappa shape index (κ3) is 6.91. The Hall–Kier alpha value is -0.430. The van der Waals surface area contributed by atoms with Crippen molar-refractivity contribution in [2.24, 2.45) is 5.92 Å². The molecule has 1 fully saturated rings. The van der Waals surface area contributed by atoms with Gasteiger partial charge in [-0.3, -0.25) is 9.00 Å². The summed E-state index contributed by atoms with van der Waals surface area (Å²) in [7, 11) is -1.03. The number of carbonyl (C=O) groups excluding carboxylic acids is 1. The Kier molecular flexibility index (Phi) is 9.36. The van der Waals surface area contributed by atoms with Crippen LogP contribution >= 0.6 is 28.3 Å². The van der Waals surface area contributed by atoms with Crippen molar-refractivity contribution in [2.45, 2.75) is 37.1 Å². The summed E-state index contributed by atoms with van der Waals surface area (Å²) >= 11 is 3.36. The van der Waals surface area contributed by atoms with Crippen molar-refractivity contribution in [3.05, 3.63) is 28.7 Å². The van der Waals surface area contributed by atoms with Crippen LogP contribution in [0.3, 0.4) is 0 Å². The number of hydrogen-bond acceptors (Lipinski definition) is 3. The number of carbonyl (C=O) groups is 1. The van der Waals surface area contributed by atoms with Crippen LogP contribution in [-0.4, -0.2) is 35.0 Å². The minimum atomic E-state index is -1.03. The predicted octanol–water partition coefficient (Wildman–Crippen LogP) is 2.87. The second-order valence-electron chi connectivity index (χ2n) is 5.75. The molecule has 1 heterocycles. The van der Waals surface area contributed by atoms with Crippen molar-refractivity contribution in [3.63, 3.8) is 0 Å². The second kappa shape index (κ2) is 10.4. The summed E-state index contributed by atoms with van der Waals surface area (Å²) < 4.78 is 13.1. The first-order chi connectivity index (χ1) is 10.6. The average molecular weight is 424 g/mol. The molecule has 130 valence electrons. The highest BCUT2D eigenvalue weighted by Crippen LogP contribution is 2.14. The third-order valence-electron chi connectivity index (χ3n) is 3.94. The minimum Gasteiger partial charge on any atom is -0.353 e. The highest BCUT2D eigenvalue weighted by Gasteiger charge is 2.22. The van der Waals surface area contributed by atoms with Crippen LogP contribution in [0.4, 0.5) is 0 Å². The Morgan fingerprint density at radius 3 is 2.74 bits per heavy atom. The lowest BCUT2D eigenvalue weighted by molar-refractivity contribution is -0.122. The maximum atomic E-state index is 12.1. The monoisotopic (exact) mass is 422 g/mol. The lowest BCUT2D eigenvalue weighted by Crippen LogP contribution is -2.48. The summed E-state index contributed by atoms with van der Waals surface area (Å²) in [4.78, 5) is 12.8. The van der Waals surface area contributed by atoms with Crippen LogP contribution in [0.5, 0.6) is 0 Å². The number of amides is 1. The van der Waals surface area contributed by atoms with Crippen molar-refractivity contribution in [1.29, 1.82) is 0 Å². The van der Waals surface area contributed by atoms with Crippen molar-refractivity contribution in [2.75, 3.05) is 18.8 Å². The number of benzene rings is 1. The summed E-state index contributed by atoms with van der Waals surface area (Å²) in [5, 5.41) is 6.43. The molecule has 0 spiro atoms. The van der Waals surface area contributed by atoms with E-state index in [1.54, 1.807) is 0 Å². The molecule has 0 bridgehead atoms. The molecule has 0 radical (unpaired) electrons. The van der Waals surface area contributed by atoms with E-state index in [1.165, 1.54) is 0 Å². The lowest BCUT2D eigenvalue weighted by atomic mass is 9.95. The Balaban J connectivity index is 0.00000264. The van der Waals surface area contributed by atoms with E-state index in [-0.39, 0.29) is 24.4 Å². The zero-order valence-corrected chi connectivity index (χ0v) is 16.4. The van der Waals surface area contributed by atoms with Crippen LogP contribution in [0.25, 0.3) is 0 Å². The first-order valence-electron chi connectivity index (χ1n) is 7.70. The molecule has 1 aliphatic rings. The van der Waals surface area contributed by atoms with E-state index >= 15 is 0 Å². The minimum absolute atomic E-state index is 0. The van der Waals surface area contributed by atoms with E-state index in [0.29, 0.717) is 24.5 Å². The number of nitrogens with one attached hydrogen (secondary N) is 2. The van der Waals surface area contributed by atoms with Gasteiger partial charge in [0.15, 0.2) is 0 Å². The predicted molar refractivity (Wildman–Crippen MR) is 100 cm³/mol. The first kappa shape index (κ1) is 20.6. The van der Waals surface area contributed by atoms with Crippen LogP contribution in [0.2, 0.25) is 0 Å². The second-order valence-corrected chi connectivity index (χ2v) is 8.24. The summed E-state index contributed by atoms with van der Waals surface area (Å²) in [5.41, 5.74) is 0. The zero-order chi connectivity index (χ0) is 15.9. The Labute approximate surface area is 155 Å². The van der Waals surface area contributed by atoms with Gasteiger partial charge in [-0.1, -0.05) is 22.9 Å². The number of piperidine rings is 1. The van der Waals surface area contributed by atoms with E-state index in [0.717, 1.165) is 28.9 Å². The quantitative estimate of drug-likeness (QED) is 0.739. The molecule has 1 aromatic carbocycles.